The van der Waals surface area contributed by atoms with Gasteiger partial charge in [-0.15, -0.1) is 0 Å². The molecule has 1 aromatic carbocycles. The van der Waals surface area contributed by atoms with Gasteiger partial charge in [0.2, 0.25) is 0 Å². The minimum atomic E-state index is -0.831. The number of hydrogen-bond donors (Lipinski definition) is 1. The van der Waals surface area contributed by atoms with E-state index in [2.05, 4.69) is 20.9 Å². The van der Waals surface area contributed by atoms with Crippen molar-refractivity contribution in [3.63, 3.8) is 0 Å². The van der Waals surface area contributed by atoms with Crippen LogP contribution in [0.15, 0.2) is 41.0 Å². The molecule has 0 fully saturated rings. The molecule has 1 heterocycles. The highest BCUT2D eigenvalue weighted by molar-refractivity contribution is 9.10. The van der Waals surface area contributed by atoms with Gasteiger partial charge in [0, 0.05) is 22.3 Å². The zero-order chi connectivity index (χ0) is 13.8. The number of nitrogens with zero attached hydrogens (tertiary/aromatic N) is 1. The van der Waals surface area contributed by atoms with Gasteiger partial charge in [-0.05, 0) is 47.1 Å². The fraction of sp³-hybridized carbons (Fsp3) is 0.214. The van der Waals surface area contributed by atoms with Gasteiger partial charge in [-0.1, -0.05) is 0 Å². The van der Waals surface area contributed by atoms with Crippen LogP contribution in [0.2, 0.25) is 0 Å². The molecular weight excluding hydrogens is 313 g/mol. The second-order valence-electron chi connectivity index (χ2n) is 4.12. The summed E-state index contributed by atoms with van der Waals surface area (Å²) in [5.41, 5.74) is 1.01. The van der Waals surface area contributed by atoms with Gasteiger partial charge in [0.1, 0.15) is 18.2 Å². The minimum absolute atomic E-state index is 0.258. The van der Waals surface area contributed by atoms with Crippen LogP contribution in [0.4, 0.5) is 4.39 Å². The summed E-state index contributed by atoms with van der Waals surface area (Å²) >= 11 is 3.30. The van der Waals surface area contributed by atoms with E-state index in [0.717, 1.165) is 10.2 Å². The molecule has 0 saturated carbocycles. The summed E-state index contributed by atoms with van der Waals surface area (Å²) in [5.74, 6) is -0.0668. The zero-order valence-electron chi connectivity index (χ0n) is 10.3. The van der Waals surface area contributed by atoms with Gasteiger partial charge in [0.25, 0.3) is 0 Å². The van der Waals surface area contributed by atoms with E-state index in [0.29, 0.717) is 5.75 Å². The number of rotatable bonds is 4. The molecule has 0 aliphatic heterocycles. The Hall–Kier alpha value is -1.46. The van der Waals surface area contributed by atoms with Crippen molar-refractivity contribution in [1.82, 2.24) is 4.98 Å². The predicted octanol–water partition coefficient (Wildman–Crippen LogP) is 3.62. The lowest BCUT2D eigenvalue weighted by molar-refractivity contribution is 0.193. The third kappa shape index (κ3) is 3.75. The van der Waals surface area contributed by atoms with E-state index >= 15 is 0 Å². The van der Waals surface area contributed by atoms with Crippen molar-refractivity contribution in [3.05, 3.63) is 58.1 Å². The first kappa shape index (κ1) is 14.0. The molecule has 1 unspecified atom stereocenters. The second kappa shape index (κ2) is 6.12. The maximum absolute atomic E-state index is 13.6. The monoisotopic (exact) mass is 325 g/mol. The highest BCUT2D eigenvalue weighted by Crippen LogP contribution is 2.22. The van der Waals surface area contributed by atoms with Crippen LogP contribution in [0.25, 0.3) is 0 Å². The van der Waals surface area contributed by atoms with Crippen molar-refractivity contribution in [1.29, 1.82) is 0 Å². The lowest BCUT2D eigenvalue weighted by Gasteiger charge is -2.09. The van der Waals surface area contributed by atoms with E-state index in [1.54, 1.807) is 12.3 Å². The molecule has 19 heavy (non-hydrogen) atoms. The van der Waals surface area contributed by atoms with E-state index < -0.39 is 11.9 Å². The Morgan fingerprint density at radius 3 is 2.74 bits per heavy atom. The first-order valence-corrected chi connectivity index (χ1v) is 6.56. The quantitative estimate of drug-likeness (QED) is 0.933. The number of hydrogen-bond acceptors (Lipinski definition) is 3. The number of halogens is 2. The van der Waals surface area contributed by atoms with Crippen LogP contribution in [0.3, 0.4) is 0 Å². The Labute approximate surface area is 119 Å². The Balaban J connectivity index is 2.04. The first-order valence-electron chi connectivity index (χ1n) is 5.77. The second-order valence-corrected chi connectivity index (χ2v) is 5.03. The van der Waals surface area contributed by atoms with Gasteiger partial charge in [0.05, 0.1) is 11.8 Å². The fourth-order valence-corrected chi connectivity index (χ4v) is 1.82. The molecule has 0 radical (unpaired) electrons. The number of ether oxygens (including phenoxy) is 1. The van der Waals surface area contributed by atoms with Gasteiger partial charge < -0.3 is 9.84 Å². The topological polar surface area (TPSA) is 42.4 Å². The first-order chi connectivity index (χ1) is 9.06. The standard InChI is InChI=1S/C14H13BrFNO2/c1-9(18)13-5-4-12(6-14(13)16)19-8-11-3-2-10(15)7-17-11/h2-7,9,18H,8H2,1H3. The molecule has 3 nitrogen and oxygen atoms in total. The Kier molecular flexibility index (Phi) is 4.50. The van der Waals surface area contributed by atoms with Crippen LogP contribution in [0.1, 0.15) is 24.3 Å². The Morgan fingerprint density at radius 1 is 1.37 bits per heavy atom. The molecule has 0 aliphatic rings. The summed E-state index contributed by atoms with van der Waals surface area (Å²) < 4.78 is 20.0. The Bertz CT molecular complexity index is 558. The SMILES string of the molecule is CC(O)c1ccc(OCc2ccc(Br)cn2)cc1F. The summed E-state index contributed by atoms with van der Waals surface area (Å²) in [6.45, 7) is 1.78. The molecule has 0 saturated heterocycles. The van der Waals surface area contributed by atoms with Gasteiger partial charge in [0.15, 0.2) is 0 Å². The van der Waals surface area contributed by atoms with Crippen molar-refractivity contribution in [3.8, 4) is 5.75 Å². The predicted molar refractivity (Wildman–Crippen MR) is 73.3 cm³/mol. The number of aromatic nitrogens is 1. The molecule has 2 rings (SSSR count). The number of aliphatic hydroxyl groups is 1. The molecule has 0 bridgehead atoms. The van der Waals surface area contributed by atoms with Crippen LogP contribution in [0.5, 0.6) is 5.75 Å². The smallest absolute Gasteiger partial charge is 0.132 e. The minimum Gasteiger partial charge on any atom is -0.487 e. The lowest BCUT2D eigenvalue weighted by Crippen LogP contribution is -2.00. The van der Waals surface area contributed by atoms with E-state index in [1.165, 1.54) is 19.1 Å². The molecule has 0 aliphatic carbocycles. The maximum atomic E-state index is 13.6. The molecular formula is C14H13BrFNO2. The van der Waals surface area contributed by atoms with Gasteiger partial charge in [-0.3, -0.25) is 4.98 Å². The average Bonchev–Trinajstić information content (AvgIpc) is 2.37. The molecule has 1 atom stereocenters. The Morgan fingerprint density at radius 2 is 2.16 bits per heavy atom. The van der Waals surface area contributed by atoms with Crippen LogP contribution < -0.4 is 4.74 Å². The van der Waals surface area contributed by atoms with Crippen molar-refractivity contribution < 1.29 is 14.2 Å². The summed E-state index contributed by atoms with van der Waals surface area (Å²) in [5, 5.41) is 9.33. The molecule has 1 aromatic heterocycles. The van der Waals surface area contributed by atoms with Crippen LogP contribution >= 0.6 is 15.9 Å². The largest absolute Gasteiger partial charge is 0.487 e. The lowest BCUT2D eigenvalue weighted by atomic mass is 10.1. The van der Waals surface area contributed by atoms with Crippen LogP contribution in [0, 0.1) is 5.82 Å². The van der Waals surface area contributed by atoms with E-state index in [-0.39, 0.29) is 12.2 Å². The maximum Gasteiger partial charge on any atom is 0.132 e. The normalized spacial score (nSPS) is 12.2. The van der Waals surface area contributed by atoms with Crippen molar-refractivity contribution >= 4 is 15.9 Å². The van der Waals surface area contributed by atoms with Gasteiger partial charge in [-0.2, -0.15) is 0 Å². The summed E-state index contributed by atoms with van der Waals surface area (Å²) in [4.78, 5) is 4.16. The van der Waals surface area contributed by atoms with E-state index in [9.17, 15) is 9.50 Å². The molecule has 0 spiro atoms. The van der Waals surface area contributed by atoms with Crippen molar-refractivity contribution in [2.75, 3.05) is 0 Å². The summed E-state index contributed by atoms with van der Waals surface area (Å²) in [6.07, 6.45) is 0.845. The number of pyridine rings is 1. The summed E-state index contributed by atoms with van der Waals surface area (Å²) in [7, 11) is 0. The zero-order valence-corrected chi connectivity index (χ0v) is 11.9. The average molecular weight is 326 g/mol. The highest BCUT2D eigenvalue weighted by atomic mass is 79.9. The van der Waals surface area contributed by atoms with E-state index in [1.807, 2.05) is 12.1 Å². The molecule has 0 amide bonds. The van der Waals surface area contributed by atoms with Crippen molar-refractivity contribution in [2.45, 2.75) is 19.6 Å². The summed E-state index contributed by atoms with van der Waals surface area (Å²) in [6, 6.07) is 8.10. The highest BCUT2D eigenvalue weighted by Gasteiger charge is 2.09. The van der Waals surface area contributed by atoms with Crippen LogP contribution in [-0.4, -0.2) is 10.1 Å². The van der Waals surface area contributed by atoms with Crippen molar-refractivity contribution in [2.24, 2.45) is 0 Å². The third-order valence-electron chi connectivity index (χ3n) is 2.60. The number of benzene rings is 1. The fourth-order valence-electron chi connectivity index (χ4n) is 1.59. The molecule has 1 N–H and O–H groups in total. The van der Waals surface area contributed by atoms with Crippen LogP contribution in [-0.2, 0) is 6.61 Å². The van der Waals surface area contributed by atoms with Gasteiger partial charge >= 0.3 is 0 Å². The van der Waals surface area contributed by atoms with Gasteiger partial charge in [-0.25, -0.2) is 4.39 Å². The molecule has 2 aromatic rings. The molecule has 5 heteroatoms. The third-order valence-corrected chi connectivity index (χ3v) is 3.07. The van der Waals surface area contributed by atoms with E-state index in [4.69, 9.17) is 4.74 Å². The number of aliphatic hydroxyl groups excluding tert-OH is 1. The molecule has 100 valence electrons.